The Morgan fingerprint density at radius 1 is 1.13 bits per heavy atom. The van der Waals surface area contributed by atoms with E-state index in [2.05, 4.69) is 0 Å². The van der Waals surface area contributed by atoms with Crippen LogP contribution in [0.5, 0.6) is 0 Å². The Morgan fingerprint density at radius 3 is 2.35 bits per heavy atom. The van der Waals surface area contributed by atoms with Crippen molar-refractivity contribution in [2.24, 2.45) is 5.92 Å². The lowest BCUT2D eigenvalue weighted by Gasteiger charge is -2.36. The normalized spacial score (nSPS) is 28.3. The largest absolute Gasteiger partial charge is 0.372 e. The van der Waals surface area contributed by atoms with Crippen molar-refractivity contribution in [2.75, 3.05) is 24.5 Å². The van der Waals surface area contributed by atoms with Crippen molar-refractivity contribution in [1.29, 1.82) is 0 Å². The Morgan fingerprint density at radius 2 is 1.74 bits per heavy atom. The predicted octanol–water partition coefficient (Wildman–Crippen LogP) is 2.33. The third-order valence-corrected chi connectivity index (χ3v) is 4.60. The minimum Gasteiger partial charge on any atom is -0.372 e. The van der Waals surface area contributed by atoms with Crippen molar-refractivity contribution in [3.05, 3.63) is 29.3 Å². The van der Waals surface area contributed by atoms with Crippen molar-refractivity contribution in [2.45, 2.75) is 32.5 Å². The molecule has 2 fully saturated rings. The maximum absolute atomic E-state index is 12.7. The average Bonchev–Trinajstić information content (AvgIpc) is 2.88. The first-order valence-electron chi connectivity index (χ1n) is 7.94. The van der Waals surface area contributed by atoms with Crippen molar-refractivity contribution < 1.29 is 14.3 Å². The van der Waals surface area contributed by atoms with Gasteiger partial charge in [-0.05, 0) is 38.1 Å². The summed E-state index contributed by atoms with van der Waals surface area (Å²) in [5.74, 6) is -0.243. The van der Waals surface area contributed by atoms with Crippen LogP contribution in [0.4, 0.5) is 5.69 Å². The molecule has 2 aliphatic heterocycles. The molecule has 0 radical (unpaired) electrons. The molecule has 3 rings (SSSR count). The third kappa shape index (κ3) is 3.51. The lowest BCUT2D eigenvalue weighted by atomic mass is 10.1. The molecule has 6 heteroatoms. The third-order valence-electron chi connectivity index (χ3n) is 4.34. The first kappa shape index (κ1) is 16.3. The average molecular weight is 337 g/mol. The summed E-state index contributed by atoms with van der Waals surface area (Å²) in [4.78, 5) is 28.5. The van der Waals surface area contributed by atoms with E-state index in [4.69, 9.17) is 16.3 Å². The molecule has 2 heterocycles. The summed E-state index contributed by atoms with van der Waals surface area (Å²) in [6, 6.07) is 7.13. The van der Waals surface area contributed by atoms with Gasteiger partial charge in [-0.25, -0.2) is 0 Å². The van der Waals surface area contributed by atoms with Crippen LogP contribution in [0.25, 0.3) is 0 Å². The second-order valence-corrected chi connectivity index (χ2v) is 6.82. The molecule has 2 saturated heterocycles. The molecule has 3 atom stereocenters. The van der Waals surface area contributed by atoms with Gasteiger partial charge in [0, 0.05) is 36.8 Å². The number of nitrogens with zero attached hydrogens (tertiary/aromatic N) is 2. The first-order valence-corrected chi connectivity index (χ1v) is 8.32. The van der Waals surface area contributed by atoms with Crippen LogP contribution < -0.4 is 4.90 Å². The summed E-state index contributed by atoms with van der Waals surface area (Å²) >= 11 is 5.89. The fraction of sp³-hybridized carbons (Fsp3) is 0.529. The van der Waals surface area contributed by atoms with Gasteiger partial charge in [-0.3, -0.25) is 9.59 Å². The van der Waals surface area contributed by atoms with Crippen molar-refractivity contribution in [3.63, 3.8) is 0 Å². The summed E-state index contributed by atoms with van der Waals surface area (Å²) in [5.41, 5.74) is 0.790. The number of morpholine rings is 1. The van der Waals surface area contributed by atoms with E-state index < -0.39 is 0 Å². The second-order valence-electron chi connectivity index (χ2n) is 6.38. The molecule has 0 unspecified atom stereocenters. The van der Waals surface area contributed by atoms with E-state index in [1.165, 1.54) is 0 Å². The van der Waals surface area contributed by atoms with Crippen LogP contribution in [0.2, 0.25) is 5.02 Å². The number of rotatable bonds is 2. The van der Waals surface area contributed by atoms with Crippen molar-refractivity contribution >= 4 is 29.1 Å². The van der Waals surface area contributed by atoms with Crippen LogP contribution in [0.1, 0.15) is 20.3 Å². The number of hydrogen-bond acceptors (Lipinski definition) is 3. The van der Waals surface area contributed by atoms with Gasteiger partial charge in [0.05, 0.1) is 18.1 Å². The van der Waals surface area contributed by atoms with Crippen LogP contribution in [0.15, 0.2) is 24.3 Å². The lowest BCUT2D eigenvalue weighted by Crippen LogP contribution is -2.50. The number of hydrogen-bond donors (Lipinski definition) is 0. The van der Waals surface area contributed by atoms with Crippen molar-refractivity contribution in [3.8, 4) is 0 Å². The number of benzene rings is 1. The Bertz CT molecular complexity index is 594. The van der Waals surface area contributed by atoms with Gasteiger partial charge in [-0.15, -0.1) is 0 Å². The number of ether oxygens (including phenoxy) is 1. The van der Waals surface area contributed by atoms with E-state index in [0.717, 1.165) is 5.69 Å². The van der Waals surface area contributed by atoms with Crippen LogP contribution in [0, 0.1) is 5.92 Å². The highest BCUT2D eigenvalue weighted by Crippen LogP contribution is 2.28. The summed E-state index contributed by atoms with van der Waals surface area (Å²) in [6.45, 7) is 5.55. The number of carbonyl (C=O) groups excluding carboxylic acids is 2. The fourth-order valence-corrected chi connectivity index (χ4v) is 3.49. The molecule has 0 aliphatic carbocycles. The number of carbonyl (C=O) groups is 2. The van der Waals surface area contributed by atoms with E-state index in [1.807, 2.05) is 30.9 Å². The molecule has 0 bridgehead atoms. The smallest absolute Gasteiger partial charge is 0.228 e. The summed E-state index contributed by atoms with van der Waals surface area (Å²) < 4.78 is 5.67. The van der Waals surface area contributed by atoms with Gasteiger partial charge < -0.3 is 14.5 Å². The van der Waals surface area contributed by atoms with Crippen LogP contribution >= 0.6 is 11.6 Å². The molecule has 0 saturated carbocycles. The summed E-state index contributed by atoms with van der Waals surface area (Å²) in [5, 5.41) is 0.629. The molecule has 124 valence electrons. The van der Waals surface area contributed by atoms with E-state index >= 15 is 0 Å². The molecule has 2 amide bonds. The SMILES string of the molecule is C[C@H]1CN(C(=O)[C@@H]2CC(=O)N(c3ccc(Cl)cc3)C2)C[C@H](C)O1. The summed E-state index contributed by atoms with van der Waals surface area (Å²) in [6.07, 6.45) is 0.334. The molecule has 5 nitrogen and oxygen atoms in total. The van der Waals surface area contributed by atoms with Gasteiger partial charge in [0.15, 0.2) is 0 Å². The van der Waals surface area contributed by atoms with E-state index in [9.17, 15) is 9.59 Å². The maximum atomic E-state index is 12.7. The molecular formula is C17H21ClN2O3. The topological polar surface area (TPSA) is 49.9 Å². The number of anilines is 1. The maximum Gasteiger partial charge on any atom is 0.228 e. The standard InChI is InChI=1S/C17H21ClN2O3/c1-11-8-19(9-12(2)23-11)17(22)13-7-16(21)20(10-13)15-5-3-14(18)4-6-15/h3-6,11-13H,7-10H2,1-2H3/t11-,12-,13+/m0/s1. The second kappa shape index (κ2) is 6.49. The Balaban J connectivity index is 1.69. The number of halogens is 1. The zero-order chi connectivity index (χ0) is 16.6. The molecule has 1 aromatic carbocycles. The Kier molecular flexibility index (Phi) is 4.60. The molecule has 0 spiro atoms. The van der Waals surface area contributed by atoms with Gasteiger partial charge in [0.25, 0.3) is 0 Å². The quantitative estimate of drug-likeness (QED) is 0.833. The molecule has 0 aromatic heterocycles. The number of amides is 2. The highest BCUT2D eigenvalue weighted by atomic mass is 35.5. The van der Waals surface area contributed by atoms with Gasteiger partial charge in [0.1, 0.15) is 0 Å². The predicted molar refractivity (Wildman–Crippen MR) is 88.5 cm³/mol. The summed E-state index contributed by atoms with van der Waals surface area (Å²) in [7, 11) is 0. The highest BCUT2D eigenvalue weighted by molar-refractivity contribution is 6.30. The van der Waals surface area contributed by atoms with E-state index in [-0.39, 0.29) is 36.4 Å². The van der Waals surface area contributed by atoms with Crippen molar-refractivity contribution in [1.82, 2.24) is 4.90 Å². The van der Waals surface area contributed by atoms with Gasteiger partial charge in [-0.1, -0.05) is 11.6 Å². The highest BCUT2D eigenvalue weighted by Gasteiger charge is 2.38. The van der Waals surface area contributed by atoms with Gasteiger partial charge in [-0.2, -0.15) is 0 Å². The zero-order valence-electron chi connectivity index (χ0n) is 13.4. The molecule has 23 heavy (non-hydrogen) atoms. The van der Waals surface area contributed by atoms with Crippen LogP contribution in [-0.4, -0.2) is 48.6 Å². The Labute approximate surface area is 141 Å². The van der Waals surface area contributed by atoms with Gasteiger partial charge >= 0.3 is 0 Å². The van der Waals surface area contributed by atoms with E-state index in [1.54, 1.807) is 17.0 Å². The monoisotopic (exact) mass is 336 g/mol. The molecule has 1 aromatic rings. The van der Waals surface area contributed by atoms with E-state index in [0.29, 0.717) is 24.7 Å². The molecule has 0 N–H and O–H groups in total. The molecule has 2 aliphatic rings. The first-order chi connectivity index (χ1) is 10.9. The van der Waals surface area contributed by atoms with Gasteiger partial charge in [0.2, 0.25) is 11.8 Å². The minimum absolute atomic E-state index is 0.0139. The zero-order valence-corrected chi connectivity index (χ0v) is 14.1. The van der Waals surface area contributed by atoms with Crippen LogP contribution in [0.3, 0.4) is 0 Å². The lowest BCUT2D eigenvalue weighted by molar-refractivity contribution is -0.147. The molecular weight excluding hydrogens is 316 g/mol. The Hall–Kier alpha value is -1.59. The fourth-order valence-electron chi connectivity index (χ4n) is 3.36. The minimum atomic E-state index is -0.282. The van der Waals surface area contributed by atoms with Crippen LogP contribution in [-0.2, 0) is 14.3 Å².